The fourth-order valence-electron chi connectivity index (χ4n) is 3.14. The van der Waals surface area contributed by atoms with Gasteiger partial charge < -0.3 is 0 Å². The van der Waals surface area contributed by atoms with Gasteiger partial charge in [0.1, 0.15) is 0 Å². The zero-order valence-corrected chi connectivity index (χ0v) is 17.1. The van der Waals surface area contributed by atoms with Gasteiger partial charge in [-0.25, -0.2) is 8.42 Å². The second-order valence-corrected chi connectivity index (χ2v) is 10.4. The Balaban J connectivity index is 1.78. The Hall–Kier alpha value is -1.74. The van der Waals surface area contributed by atoms with Gasteiger partial charge in [0, 0.05) is 12.6 Å². The Labute approximate surface area is 161 Å². The largest absolute Gasteiger partial charge is 0.297 e. The summed E-state index contributed by atoms with van der Waals surface area (Å²) in [5, 5.41) is 0. The molecule has 146 valence electrons. The van der Waals surface area contributed by atoms with Gasteiger partial charge >= 0.3 is 0 Å². The van der Waals surface area contributed by atoms with E-state index in [1.807, 2.05) is 13.8 Å². The molecule has 6 nitrogen and oxygen atoms in total. The molecule has 0 unspecified atom stereocenters. The first-order valence-corrected chi connectivity index (χ1v) is 11.5. The average Bonchev–Trinajstić information content (AvgIpc) is 2.96. The minimum atomic E-state index is -3.94. The molecule has 1 heterocycles. The van der Waals surface area contributed by atoms with Gasteiger partial charge in [0.25, 0.3) is 10.1 Å². The van der Waals surface area contributed by atoms with E-state index in [9.17, 15) is 16.8 Å². The fraction of sp³-hybridized carbons (Fsp3) is 0.368. The van der Waals surface area contributed by atoms with Crippen LogP contribution in [0, 0.1) is 13.8 Å². The van der Waals surface area contributed by atoms with E-state index in [4.69, 9.17) is 4.18 Å². The van der Waals surface area contributed by atoms with E-state index in [-0.39, 0.29) is 22.4 Å². The Morgan fingerprint density at radius 3 is 1.85 bits per heavy atom. The van der Waals surface area contributed by atoms with Crippen LogP contribution in [0.25, 0.3) is 0 Å². The van der Waals surface area contributed by atoms with Gasteiger partial charge in [-0.1, -0.05) is 35.4 Å². The Morgan fingerprint density at radius 1 is 0.852 bits per heavy atom. The summed E-state index contributed by atoms with van der Waals surface area (Å²) in [5.41, 5.74) is 1.91. The van der Waals surface area contributed by atoms with Crippen molar-refractivity contribution >= 4 is 20.1 Å². The van der Waals surface area contributed by atoms with Crippen LogP contribution in [-0.4, -0.2) is 39.8 Å². The van der Waals surface area contributed by atoms with E-state index in [1.54, 1.807) is 43.3 Å². The number of rotatable bonds is 5. The Morgan fingerprint density at radius 2 is 1.33 bits per heavy atom. The third kappa shape index (κ3) is 4.24. The molecule has 2 aromatic carbocycles. The Bertz CT molecular complexity index is 1010. The highest BCUT2D eigenvalue weighted by Gasteiger charge is 2.40. The zero-order chi connectivity index (χ0) is 19.8. The van der Waals surface area contributed by atoms with Gasteiger partial charge in [-0.05, 0) is 51.5 Å². The first kappa shape index (κ1) is 20.0. The maximum Gasteiger partial charge on any atom is 0.297 e. The van der Waals surface area contributed by atoms with Crippen LogP contribution in [0.5, 0.6) is 0 Å². The van der Waals surface area contributed by atoms with Crippen molar-refractivity contribution in [3.05, 3.63) is 59.7 Å². The maximum atomic E-state index is 12.9. The molecule has 0 saturated carbocycles. The first-order chi connectivity index (χ1) is 12.6. The molecule has 1 fully saturated rings. The topological polar surface area (TPSA) is 80.8 Å². The second kappa shape index (κ2) is 7.35. The molecule has 3 rings (SSSR count). The van der Waals surface area contributed by atoms with E-state index < -0.39 is 26.2 Å². The van der Waals surface area contributed by atoms with Crippen LogP contribution in [0.3, 0.4) is 0 Å². The lowest BCUT2D eigenvalue weighted by Gasteiger charge is -2.20. The normalized spacial score (nSPS) is 21.4. The summed E-state index contributed by atoms with van der Waals surface area (Å²) >= 11 is 0. The van der Waals surface area contributed by atoms with E-state index in [2.05, 4.69) is 0 Å². The Kier molecular flexibility index (Phi) is 5.45. The molecule has 8 heteroatoms. The van der Waals surface area contributed by atoms with Crippen LogP contribution in [0.4, 0.5) is 0 Å². The quantitative estimate of drug-likeness (QED) is 0.710. The standard InChI is InChI=1S/C19H23NO5S2/c1-14-4-8-18(9-5-14)26(21,22)20-13-17(12-16(20)3)25-27(23,24)19-10-6-15(2)7-11-19/h4-11,16-17H,12-13H2,1-3H3/t16-,17+/m1/s1. The van der Waals surface area contributed by atoms with Crippen LogP contribution in [0.1, 0.15) is 24.5 Å². The molecular weight excluding hydrogens is 386 g/mol. The molecule has 1 aliphatic heterocycles. The summed E-state index contributed by atoms with van der Waals surface area (Å²) in [6, 6.07) is 12.6. The second-order valence-electron chi connectivity index (χ2n) is 6.96. The summed E-state index contributed by atoms with van der Waals surface area (Å²) in [7, 11) is -7.65. The molecular formula is C19H23NO5S2. The average molecular weight is 410 g/mol. The number of benzene rings is 2. The highest BCUT2D eigenvalue weighted by atomic mass is 32.2. The zero-order valence-electron chi connectivity index (χ0n) is 15.5. The third-order valence-electron chi connectivity index (χ3n) is 4.68. The number of hydrogen-bond donors (Lipinski definition) is 0. The fourth-order valence-corrected chi connectivity index (χ4v) is 5.89. The van der Waals surface area contributed by atoms with Crippen LogP contribution in [-0.2, 0) is 24.3 Å². The molecule has 1 aliphatic rings. The van der Waals surface area contributed by atoms with Gasteiger partial charge in [0.2, 0.25) is 10.0 Å². The van der Waals surface area contributed by atoms with E-state index in [1.165, 1.54) is 16.4 Å². The smallest absolute Gasteiger partial charge is 0.262 e. The van der Waals surface area contributed by atoms with Gasteiger partial charge in [-0.3, -0.25) is 4.18 Å². The molecule has 2 atom stereocenters. The molecule has 0 N–H and O–H groups in total. The van der Waals surface area contributed by atoms with Gasteiger partial charge in [-0.15, -0.1) is 0 Å². The van der Waals surface area contributed by atoms with Crippen LogP contribution >= 0.6 is 0 Å². The molecule has 0 aromatic heterocycles. The van der Waals surface area contributed by atoms with E-state index in [0.717, 1.165) is 11.1 Å². The molecule has 0 amide bonds. The van der Waals surface area contributed by atoms with Crippen LogP contribution in [0.2, 0.25) is 0 Å². The maximum absolute atomic E-state index is 12.9. The highest BCUT2D eigenvalue weighted by Crippen LogP contribution is 2.29. The lowest BCUT2D eigenvalue weighted by molar-refractivity contribution is 0.222. The van der Waals surface area contributed by atoms with E-state index in [0.29, 0.717) is 6.42 Å². The van der Waals surface area contributed by atoms with Crippen molar-refractivity contribution in [2.45, 2.75) is 49.1 Å². The summed E-state index contributed by atoms with van der Waals surface area (Å²) in [5.74, 6) is 0. The highest BCUT2D eigenvalue weighted by molar-refractivity contribution is 7.89. The number of sulfonamides is 1. The molecule has 0 bridgehead atoms. The number of aryl methyl sites for hydroxylation is 2. The minimum absolute atomic E-state index is 0.00245. The number of hydrogen-bond acceptors (Lipinski definition) is 5. The summed E-state index contributed by atoms with van der Waals surface area (Å²) in [4.78, 5) is 0.266. The van der Waals surface area contributed by atoms with Crippen molar-refractivity contribution < 1.29 is 21.0 Å². The van der Waals surface area contributed by atoms with Crippen molar-refractivity contribution in [2.24, 2.45) is 0 Å². The lowest BCUT2D eigenvalue weighted by Crippen LogP contribution is -2.34. The van der Waals surface area contributed by atoms with Crippen LogP contribution < -0.4 is 0 Å². The van der Waals surface area contributed by atoms with Crippen molar-refractivity contribution in [3.63, 3.8) is 0 Å². The summed E-state index contributed by atoms with van der Waals surface area (Å²) in [6.07, 6.45) is -0.401. The van der Waals surface area contributed by atoms with Gasteiger partial charge in [-0.2, -0.15) is 12.7 Å². The lowest BCUT2D eigenvalue weighted by atomic mass is 10.2. The van der Waals surface area contributed by atoms with Crippen molar-refractivity contribution in [1.82, 2.24) is 4.31 Å². The molecule has 27 heavy (non-hydrogen) atoms. The van der Waals surface area contributed by atoms with Crippen molar-refractivity contribution in [1.29, 1.82) is 0 Å². The van der Waals surface area contributed by atoms with Crippen molar-refractivity contribution in [2.75, 3.05) is 6.54 Å². The number of nitrogens with zero attached hydrogens (tertiary/aromatic N) is 1. The van der Waals surface area contributed by atoms with E-state index >= 15 is 0 Å². The molecule has 2 aromatic rings. The SMILES string of the molecule is Cc1ccc(S(=O)(=O)O[C@H]2C[C@@H](C)N(S(=O)(=O)c3ccc(C)cc3)C2)cc1. The third-order valence-corrected chi connectivity index (χ3v) is 8.05. The van der Waals surface area contributed by atoms with Crippen molar-refractivity contribution in [3.8, 4) is 0 Å². The first-order valence-electron chi connectivity index (χ1n) is 8.68. The van der Waals surface area contributed by atoms with Crippen LogP contribution in [0.15, 0.2) is 58.3 Å². The predicted molar refractivity (Wildman–Crippen MR) is 102 cm³/mol. The summed E-state index contributed by atoms with van der Waals surface area (Å²) < 4.78 is 57.4. The van der Waals surface area contributed by atoms with Gasteiger partial charge in [0.05, 0.1) is 15.9 Å². The minimum Gasteiger partial charge on any atom is -0.262 e. The monoisotopic (exact) mass is 409 g/mol. The molecule has 0 radical (unpaired) electrons. The molecule has 0 aliphatic carbocycles. The van der Waals surface area contributed by atoms with Gasteiger partial charge in [0.15, 0.2) is 0 Å². The molecule has 1 saturated heterocycles. The predicted octanol–water partition coefficient (Wildman–Crippen LogP) is 2.86. The molecule has 0 spiro atoms. The summed E-state index contributed by atoms with van der Waals surface area (Å²) in [6.45, 7) is 5.51.